The SMILES string of the molecule is C1CCC(CC2CCCCC2)CC1.CON.Fc1ccccc1O[N-]C1CCCCC1.N.[K+]. The minimum absolute atomic E-state index is 0. The minimum Gasteiger partial charge on any atom is -0.585 e. The van der Waals surface area contributed by atoms with Crippen LogP contribution in [0.5, 0.6) is 5.75 Å². The standard InChI is InChI=1S/C13H24.C12H15FNO.CH5NO.K.H3N/c1-3-7-12(8-4-1)11-13-9-5-2-6-10-13;13-11-8-4-5-9-12(11)15-14-10-6-2-1-3-7-10;1-3-2;;/h12-13H,1-11H2;4-5,8-10H,1-3,6-7H2;2H2,1H3;;1H3/q;-1;;+1;. The van der Waals surface area contributed by atoms with Crippen LogP contribution in [0.15, 0.2) is 24.3 Å². The first-order valence-electron chi connectivity index (χ1n) is 12.6. The first-order valence-corrected chi connectivity index (χ1v) is 12.6. The summed E-state index contributed by atoms with van der Waals surface area (Å²) < 4.78 is 13.2. The van der Waals surface area contributed by atoms with E-state index in [2.05, 4.69) is 16.2 Å². The van der Waals surface area contributed by atoms with Crippen LogP contribution < -0.4 is 68.3 Å². The topological polar surface area (TPSA) is 93.6 Å². The van der Waals surface area contributed by atoms with Crippen molar-refractivity contribution >= 4 is 0 Å². The Kier molecular flexibility index (Phi) is 22.0. The van der Waals surface area contributed by atoms with E-state index < -0.39 is 0 Å². The van der Waals surface area contributed by atoms with Gasteiger partial charge in [0.15, 0.2) is 5.82 Å². The van der Waals surface area contributed by atoms with Gasteiger partial charge in [0.2, 0.25) is 0 Å². The summed E-state index contributed by atoms with van der Waals surface area (Å²) in [5, 5.41) is 0. The molecular weight excluding hydrogens is 444 g/mol. The van der Waals surface area contributed by atoms with Crippen molar-refractivity contribution in [3.05, 3.63) is 35.6 Å². The van der Waals surface area contributed by atoms with Crippen molar-refractivity contribution in [1.29, 1.82) is 0 Å². The van der Waals surface area contributed by atoms with Crippen LogP contribution in [0, 0.1) is 17.7 Å². The molecule has 3 aliphatic rings. The molecule has 0 aliphatic heterocycles. The number of hydroxylamine groups is 1. The van der Waals surface area contributed by atoms with Crippen molar-refractivity contribution in [3.8, 4) is 5.75 Å². The van der Waals surface area contributed by atoms with Gasteiger partial charge in [-0.2, -0.15) is 0 Å². The van der Waals surface area contributed by atoms with Crippen LogP contribution in [0.4, 0.5) is 4.39 Å². The van der Waals surface area contributed by atoms with Crippen LogP contribution in [-0.4, -0.2) is 13.2 Å². The molecule has 0 heterocycles. The molecule has 4 rings (SSSR count). The number of halogens is 1. The molecule has 0 radical (unpaired) electrons. The molecule has 3 saturated carbocycles. The van der Waals surface area contributed by atoms with Crippen LogP contribution in [-0.2, 0) is 4.84 Å². The summed E-state index contributed by atoms with van der Waals surface area (Å²) in [7, 11) is 1.40. The van der Waals surface area contributed by atoms with E-state index in [1.807, 2.05) is 0 Å². The molecule has 1 aromatic rings. The quantitative estimate of drug-likeness (QED) is 0.446. The summed E-state index contributed by atoms with van der Waals surface area (Å²) in [6.45, 7) is 0. The fraction of sp³-hybridized carbons (Fsp3) is 0.769. The van der Waals surface area contributed by atoms with Gasteiger partial charge in [-0.1, -0.05) is 108 Å². The average Bonchev–Trinajstić information content (AvgIpc) is 2.82. The predicted octanol–water partition coefficient (Wildman–Crippen LogP) is 5.04. The Bertz CT molecular complexity index is 548. The van der Waals surface area contributed by atoms with E-state index in [4.69, 9.17) is 4.84 Å². The third kappa shape index (κ3) is 15.2. The molecule has 7 heteroatoms. The molecule has 186 valence electrons. The number of rotatable bonds is 5. The van der Waals surface area contributed by atoms with E-state index in [0.29, 0.717) is 0 Å². The summed E-state index contributed by atoms with van der Waals surface area (Å²) in [6, 6.07) is 6.61. The van der Waals surface area contributed by atoms with Crippen LogP contribution in [0.3, 0.4) is 0 Å². The monoisotopic (exact) mass is 491 g/mol. The van der Waals surface area contributed by atoms with Gasteiger partial charge >= 0.3 is 51.4 Å². The Morgan fingerprint density at radius 1 is 0.818 bits per heavy atom. The Morgan fingerprint density at radius 3 is 1.70 bits per heavy atom. The number of hydrogen-bond donors (Lipinski definition) is 2. The maximum Gasteiger partial charge on any atom is 1.00 e. The van der Waals surface area contributed by atoms with Crippen LogP contribution in [0.1, 0.15) is 103 Å². The Labute approximate surface area is 244 Å². The molecule has 0 atom stereocenters. The summed E-state index contributed by atoms with van der Waals surface area (Å²) in [5.74, 6) is 6.47. The normalized spacial score (nSPS) is 19.5. The van der Waals surface area contributed by atoms with Gasteiger partial charge in [-0.25, -0.2) is 10.3 Å². The number of nitrogens with two attached hydrogens (primary N) is 1. The molecule has 0 aromatic heterocycles. The van der Waals surface area contributed by atoms with Gasteiger partial charge in [0.1, 0.15) is 5.75 Å². The van der Waals surface area contributed by atoms with Crippen LogP contribution in [0.25, 0.3) is 5.48 Å². The van der Waals surface area contributed by atoms with Crippen molar-refractivity contribution < 1.29 is 65.5 Å². The third-order valence-corrected chi connectivity index (χ3v) is 6.83. The summed E-state index contributed by atoms with van der Waals surface area (Å²) >= 11 is 0. The van der Waals surface area contributed by atoms with Crippen LogP contribution in [0.2, 0.25) is 0 Å². The van der Waals surface area contributed by atoms with E-state index in [9.17, 15) is 4.39 Å². The van der Waals surface area contributed by atoms with E-state index in [1.165, 1.54) is 71.0 Å². The van der Waals surface area contributed by atoms with Gasteiger partial charge in [0.25, 0.3) is 0 Å². The zero-order valence-corrected chi connectivity index (χ0v) is 24.4. The number of hydrogen-bond acceptors (Lipinski definition) is 4. The Morgan fingerprint density at radius 2 is 1.24 bits per heavy atom. The molecule has 1 aromatic carbocycles. The zero-order chi connectivity index (χ0) is 22.2. The molecule has 0 spiro atoms. The van der Waals surface area contributed by atoms with Crippen molar-refractivity contribution in [2.24, 2.45) is 17.7 Å². The molecule has 0 unspecified atom stereocenters. The number of para-hydroxylation sites is 1. The second kappa shape index (κ2) is 21.7. The smallest absolute Gasteiger partial charge is 0.585 e. The molecule has 3 aliphatic carbocycles. The number of nitrogens with zero attached hydrogens (tertiary/aromatic N) is 1. The maximum absolute atomic E-state index is 13.2. The van der Waals surface area contributed by atoms with E-state index >= 15 is 0 Å². The van der Waals surface area contributed by atoms with E-state index in [-0.39, 0.29) is 75.1 Å². The Hall–Kier alpha value is 0.426. The van der Waals surface area contributed by atoms with Gasteiger partial charge in [-0.15, -0.1) is 6.04 Å². The first kappa shape index (κ1) is 33.4. The molecule has 0 saturated heterocycles. The number of benzene rings is 1. The van der Waals surface area contributed by atoms with E-state index in [1.54, 1.807) is 50.3 Å². The summed E-state index contributed by atoms with van der Waals surface area (Å²) in [4.78, 5) is 8.88. The van der Waals surface area contributed by atoms with Crippen molar-refractivity contribution in [1.82, 2.24) is 6.15 Å². The second-order valence-electron chi connectivity index (χ2n) is 9.40. The molecule has 0 bridgehead atoms. The fourth-order valence-corrected chi connectivity index (χ4v) is 5.15. The van der Waals surface area contributed by atoms with E-state index in [0.717, 1.165) is 24.7 Å². The average molecular weight is 492 g/mol. The minimum atomic E-state index is -0.350. The molecule has 5 nitrogen and oxygen atoms in total. The molecule has 3 fully saturated rings. The van der Waals surface area contributed by atoms with Gasteiger partial charge in [0, 0.05) is 0 Å². The fourth-order valence-electron chi connectivity index (χ4n) is 5.15. The van der Waals surface area contributed by atoms with Gasteiger partial charge in [-0.3, -0.25) is 0 Å². The molecule has 0 amide bonds. The third-order valence-electron chi connectivity index (χ3n) is 6.83. The summed E-state index contributed by atoms with van der Waals surface area (Å²) in [5.41, 5.74) is 4.07. The first-order chi connectivity index (χ1) is 15.2. The molecule has 5 N–H and O–H groups in total. The Balaban J connectivity index is 0.000000530. The molecular formula is C26H47FKN3O2. The summed E-state index contributed by atoms with van der Waals surface area (Å²) in [6.07, 6.45) is 22.7. The second-order valence-corrected chi connectivity index (χ2v) is 9.40. The maximum atomic E-state index is 13.2. The van der Waals surface area contributed by atoms with Gasteiger partial charge in [0.05, 0.1) is 7.11 Å². The molecule has 33 heavy (non-hydrogen) atoms. The van der Waals surface area contributed by atoms with Crippen molar-refractivity contribution in [3.63, 3.8) is 0 Å². The van der Waals surface area contributed by atoms with Gasteiger partial charge < -0.3 is 21.3 Å². The van der Waals surface area contributed by atoms with Crippen molar-refractivity contribution in [2.45, 2.75) is 109 Å². The largest absolute Gasteiger partial charge is 1.00 e. The zero-order valence-electron chi connectivity index (χ0n) is 21.3. The van der Waals surface area contributed by atoms with Crippen molar-refractivity contribution in [2.75, 3.05) is 7.11 Å². The van der Waals surface area contributed by atoms with Gasteiger partial charge in [-0.05, 0) is 30.4 Å². The predicted molar refractivity (Wildman–Crippen MR) is 131 cm³/mol. The van der Waals surface area contributed by atoms with Crippen LogP contribution >= 0.6 is 0 Å².